The Morgan fingerprint density at radius 3 is 2.74 bits per heavy atom. The van der Waals surface area contributed by atoms with Gasteiger partial charge in [-0.05, 0) is 35.7 Å². The molecule has 2 amide bonds. The second-order valence-corrected chi connectivity index (χ2v) is 6.20. The van der Waals surface area contributed by atoms with Gasteiger partial charge in [-0.1, -0.05) is 18.2 Å². The predicted molar refractivity (Wildman–Crippen MR) is 98.5 cm³/mol. The number of carbonyl (C=O) groups is 2. The Bertz CT molecular complexity index is 887. The molecule has 0 aliphatic carbocycles. The number of nitrogens with one attached hydrogen (secondary N) is 2. The summed E-state index contributed by atoms with van der Waals surface area (Å²) in [7, 11) is 1.56. The fraction of sp³-hybridized carbons (Fsp3) is 0.250. The molecule has 2 aromatic rings. The number of cyclic esters (lactones) is 1. The van der Waals surface area contributed by atoms with Gasteiger partial charge in [0.25, 0.3) is 0 Å². The number of ether oxygens (including phenoxy) is 2. The topological polar surface area (TPSA) is 100 Å². The predicted octanol–water partition coefficient (Wildman–Crippen LogP) is 2.40. The quantitative estimate of drug-likeness (QED) is 0.819. The van der Waals surface area contributed by atoms with Crippen molar-refractivity contribution in [3.63, 3.8) is 0 Å². The van der Waals surface area contributed by atoms with E-state index in [1.807, 2.05) is 12.1 Å². The number of nitriles is 1. The lowest BCUT2D eigenvalue weighted by Gasteiger charge is -2.14. The Hall–Kier alpha value is -3.53. The highest BCUT2D eigenvalue weighted by molar-refractivity contribution is 5.92. The van der Waals surface area contributed by atoms with Crippen LogP contribution in [0.2, 0.25) is 0 Å². The maximum Gasteiger partial charge on any atom is 0.407 e. The summed E-state index contributed by atoms with van der Waals surface area (Å²) in [6, 6.07) is 14.3. The highest BCUT2D eigenvalue weighted by Gasteiger charge is 2.23. The lowest BCUT2D eigenvalue weighted by Crippen LogP contribution is -2.28. The molecule has 1 atom stereocenters. The minimum Gasteiger partial charge on any atom is -0.496 e. The van der Waals surface area contributed by atoms with Crippen LogP contribution in [0, 0.1) is 11.3 Å². The first-order valence-electron chi connectivity index (χ1n) is 8.46. The van der Waals surface area contributed by atoms with E-state index >= 15 is 0 Å². The molecule has 7 heteroatoms. The second kappa shape index (κ2) is 8.23. The van der Waals surface area contributed by atoms with Crippen LogP contribution < -0.4 is 15.4 Å². The molecule has 1 fully saturated rings. The van der Waals surface area contributed by atoms with Crippen molar-refractivity contribution in [2.45, 2.75) is 18.9 Å². The fourth-order valence-electron chi connectivity index (χ4n) is 2.88. The molecule has 3 rings (SSSR count). The van der Waals surface area contributed by atoms with Crippen molar-refractivity contribution >= 4 is 17.7 Å². The first-order valence-corrected chi connectivity index (χ1v) is 8.46. The van der Waals surface area contributed by atoms with Gasteiger partial charge in [-0.15, -0.1) is 0 Å². The maximum absolute atomic E-state index is 12.3. The Balaban J connectivity index is 1.63. The average molecular weight is 365 g/mol. The molecule has 0 unspecified atom stereocenters. The third kappa shape index (κ3) is 4.76. The van der Waals surface area contributed by atoms with Crippen LogP contribution >= 0.6 is 0 Å². The molecule has 2 aromatic carbocycles. The van der Waals surface area contributed by atoms with Crippen molar-refractivity contribution in [3.8, 4) is 11.8 Å². The van der Waals surface area contributed by atoms with Gasteiger partial charge in [0.2, 0.25) is 5.91 Å². The number of amides is 2. The molecule has 1 saturated heterocycles. The highest BCUT2D eigenvalue weighted by atomic mass is 16.6. The van der Waals surface area contributed by atoms with Crippen molar-refractivity contribution < 1.29 is 19.1 Å². The molecule has 0 spiro atoms. The van der Waals surface area contributed by atoms with E-state index in [-0.39, 0.29) is 18.4 Å². The normalized spacial score (nSPS) is 15.4. The third-order valence-corrected chi connectivity index (χ3v) is 4.22. The molecule has 2 N–H and O–H groups in total. The largest absolute Gasteiger partial charge is 0.496 e. The maximum atomic E-state index is 12.3. The first-order chi connectivity index (χ1) is 13.1. The number of nitrogens with zero attached hydrogens (tertiary/aromatic N) is 1. The van der Waals surface area contributed by atoms with E-state index in [1.165, 1.54) is 0 Å². The van der Waals surface area contributed by atoms with Crippen LogP contribution in [0.15, 0.2) is 42.5 Å². The summed E-state index contributed by atoms with van der Waals surface area (Å²) in [5.74, 6) is 0.471. The standard InChI is InChI=1S/C20H19N3O4/c1-26-18-10-16(7-6-15(18)9-17-12-27-20(25)23-17)22-19(24)8-13-2-4-14(11-21)5-3-13/h2-7,10,17H,8-9,12H2,1H3,(H,22,24)(H,23,25)/t17-/m0/s1. The van der Waals surface area contributed by atoms with E-state index in [4.69, 9.17) is 14.7 Å². The number of rotatable bonds is 6. The van der Waals surface area contributed by atoms with Crippen molar-refractivity contribution in [2.75, 3.05) is 19.0 Å². The zero-order valence-electron chi connectivity index (χ0n) is 14.8. The van der Waals surface area contributed by atoms with Gasteiger partial charge in [-0.3, -0.25) is 4.79 Å². The van der Waals surface area contributed by atoms with Crippen LogP contribution in [-0.2, 0) is 22.4 Å². The van der Waals surface area contributed by atoms with E-state index in [9.17, 15) is 9.59 Å². The van der Waals surface area contributed by atoms with Gasteiger partial charge in [0.05, 0.1) is 31.2 Å². The summed E-state index contributed by atoms with van der Waals surface area (Å²) >= 11 is 0. The Labute approximate surface area is 156 Å². The molecule has 0 radical (unpaired) electrons. The number of methoxy groups -OCH3 is 1. The number of benzene rings is 2. The molecule has 138 valence electrons. The van der Waals surface area contributed by atoms with Crippen LogP contribution in [0.4, 0.5) is 10.5 Å². The SMILES string of the molecule is COc1cc(NC(=O)Cc2ccc(C#N)cc2)ccc1C[C@H]1COC(=O)N1. The summed E-state index contributed by atoms with van der Waals surface area (Å²) in [5, 5.41) is 14.4. The third-order valence-electron chi connectivity index (χ3n) is 4.22. The molecule has 27 heavy (non-hydrogen) atoms. The molecule has 7 nitrogen and oxygen atoms in total. The zero-order valence-corrected chi connectivity index (χ0v) is 14.8. The number of alkyl carbamates (subject to hydrolysis) is 1. The Kier molecular flexibility index (Phi) is 5.57. The van der Waals surface area contributed by atoms with Crippen LogP contribution in [-0.4, -0.2) is 31.8 Å². The van der Waals surface area contributed by atoms with E-state index in [0.717, 1.165) is 11.1 Å². The van der Waals surface area contributed by atoms with Crippen molar-refractivity contribution in [3.05, 3.63) is 59.2 Å². The van der Waals surface area contributed by atoms with E-state index in [2.05, 4.69) is 10.6 Å². The average Bonchev–Trinajstić information content (AvgIpc) is 3.08. The van der Waals surface area contributed by atoms with Crippen molar-refractivity contribution in [2.24, 2.45) is 0 Å². The smallest absolute Gasteiger partial charge is 0.407 e. The lowest BCUT2D eigenvalue weighted by atomic mass is 10.0. The van der Waals surface area contributed by atoms with Crippen molar-refractivity contribution in [1.29, 1.82) is 5.26 Å². The van der Waals surface area contributed by atoms with Gasteiger partial charge >= 0.3 is 6.09 Å². The monoisotopic (exact) mass is 365 g/mol. The molecular formula is C20H19N3O4. The van der Waals surface area contributed by atoms with Gasteiger partial charge < -0.3 is 20.1 Å². The van der Waals surface area contributed by atoms with Gasteiger partial charge in [0, 0.05) is 11.8 Å². The summed E-state index contributed by atoms with van der Waals surface area (Å²) in [6.45, 7) is 0.324. The highest BCUT2D eigenvalue weighted by Crippen LogP contribution is 2.25. The van der Waals surface area contributed by atoms with Crippen LogP contribution in [0.5, 0.6) is 5.75 Å². The Morgan fingerprint density at radius 1 is 1.33 bits per heavy atom. The van der Waals surface area contributed by atoms with Crippen LogP contribution in [0.25, 0.3) is 0 Å². The molecule has 1 aliphatic heterocycles. The fourth-order valence-corrected chi connectivity index (χ4v) is 2.88. The summed E-state index contributed by atoms with van der Waals surface area (Å²) in [5.41, 5.74) is 2.93. The minimum absolute atomic E-state index is 0.0942. The molecule has 1 aliphatic rings. The molecule has 0 aromatic heterocycles. The number of carbonyl (C=O) groups excluding carboxylic acids is 2. The number of anilines is 1. The van der Waals surface area contributed by atoms with Crippen LogP contribution in [0.1, 0.15) is 16.7 Å². The minimum atomic E-state index is -0.411. The van der Waals surface area contributed by atoms with Gasteiger partial charge in [0.1, 0.15) is 12.4 Å². The number of hydrogen-bond acceptors (Lipinski definition) is 5. The van der Waals surface area contributed by atoms with E-state index in [0.29, 0.717) is 30.0 Å². The Morgan fingerprint density at radius 2 is 2.11 bits per heavy atom. The van der Waals surface area contributed by atoms with Gasteiger partial charge in [-0.2, -0.15) is 5.26 Å². The van der Waals surface area contributed by atoms with Gasteiger partial charge in [-0.25, -0.2) is 4.79 Å². The first kappa shape index (κ1) is 18.3. The van der Waals surface area contributed by atoms with Gasteiger partial charge in [0.15, 0.2) is 0 Å². The molecular weight excluding hydrogens is 346 g/mol. The summed E-state index contributed by atoms with van der Waals surface area (Å²) in [6.07, 6.45) is 0.376. The molecule has 0 bridgehead atoms. The molecule has 1 heterocycles. The van der Waals surface area contributed by atoms with E-state index in [1.54, 1.807) is 43.5 Å². The van der Waals surface area contributed by atoms with E-state index < -0.39 is 6.09 Å². The van der Waals surface area contributed by atoms with Crippen LogP contribution in [0.3, 0.4) is 0 Å². The molecule has 0 saturated carbocycles. The second-order valence-electron chi connectivity index (χ2n) is 6.20. The van der Waals surface area contributed by atoms with Crippen molar-refractivity contribution in [1.82, 2.24) is 5.32 Å². The number of hydrogen-bond donors (Lipinski definition) is 2. The zero-order chi connectivity index (χ0) is 19.2. The summed E-state index contributed by atoms with van der Waals surface area (Å²) < 4.78 is 10.3. The summed E-state index contributed by atoms with van der Waals surface area (Å²) in [4.78, 5) is 23.4. The lowest BCUT2D eigenvalue weighted by molar-refractivity contribution is -0.115.